The molecule has 1 aliphatic rings. The Kier molecular flexibility index (Phi) is 4.42. The van der Waals surface area contributed by atoms with Gasteiger partial charge < -0.3 is 10.2 Å². The SMILES string of the molecule is O=S(=O)(c1ccc(Cl)cc1)C1C(c2cccc(F)c2)C1(CO)CO. The van der Waals surface area contributed by atoms with E-state index in [9.17, 15) is 23.0 Å². The molecule has 2 N–H and O–H groups in total. The van der Waals surface area contributed by atoms with E-state index in [1.165, 1.54) is 42.5 Å². The van der Waals surface area contributed by atoms with Crippen LogP contribution in [0.5, 0.6) is 0 Å². The van der Waals surface area contributed by atoms with Gasteiger partial charge in [-0.1, -0.05) is 23.7 Å². The summed E-state index contributed by atoms with van der Waals surface area (Å²) in [6.45, 7) is -1.02. The molecule has 0 radical (unpaired) electrons. The van der Waals surface area contributed by atoms with Crippen molar-refractivity contribution in [2.24, 2.45) is 5.41 Å². The third kappa shape index (κ3) is 2.63. The fourth-order valence-corrected chi connectivity index (χ4v) is 5.90. The molecule has 0 saturated heterocycles. The van der Waals surface area contributed by atoms with Gasteiger partial charge in [-0.2, -0.15) is 0 Å². The molecule has 3 rings (SSSR count). The highest BCUT2D eigenvalue weighted by Crippen LogP contribution is 2.63. The Bertz CT molecular complexity index is 847. The number of benzene rings is 2. The zero-order valence-electron chi connectivity index (χ0n) is 12.6. The van der Waals surface area contributed by atoms with Gasteiger partial charge in [0.15, 0.2) is 9.84 Å². The molecule has 2 aromatic rings. The second kappa shape index (κ2) is 6.11. The molecule has 1 fully saturated rings. The van der Waals surface area contributed by atoms with E-state index in [0.29, 0.717) is 10.6 Å². The molecular weight excluding hydrogens is 355 g/mol. The monoisotopic (exact) mass is 370 g/mol. The van der Waals surface area contributed by atoms with Crippen LogP contribution in [0.2, 0.25) is 5.02 Å². The van der Waals surface area contributed by atoms with Crippen molar-refractivity contribution in [1.29, 1.82) is 0 Å². The lowest BCUT2D eigenvalue weighted by Gasteiger charge is -2.11. The topological polar surface area (TPSA) is 74.6 Å². The summed E-state index contributed by atoms with van der Waals surface area (Å²) in [6, 6.07) is 11.3. The summed E-state index contributed by atoms with van der Waals surface area (Å²) in [4.78, 5) is 0.0575. The molecular formula is C17H16ClFO4S. The highest BCUT2D eigenvalue weighted by atomic mass is 35.5. The van der Waals surface area contributed by atoms with Gasteiger partial charge in [0.2, 0.25) is 0 Å². The Morgan fingerprint density at radius 2 is 1.71 bits per heavy atom. The third-order valence-electron chi connectivity index (χ3n) is 4.65. The van der Waals surface area contributed by atoms with Gasteiger partial charge in [0, 0.05) is 16.4 Å². The molecule has 2 atom stereocenters. The van der Waals surface area contributed by atoms with Crippen LogP contribution in [0.25, 0.3) is 0 Å². The number of halogens is 2. The first-order valence-electron chi connectivity index (χ1n) is 7.33. The van der Waals surface area contributed by atoms with E-state index in [2.05, 4.69) is 0 Å². The van der Waals surface area contributed by atoms with Crippen molar-refractivity contribution in [1.82, 2.24) is 0 Å². The van der Waals surface area contributed by atoms with E-state index in [0.717, 1.165) is 0 Å². The van der Waals surface area contributed by atoms with Crippen molar-refractivity contribution in [3.8, 4) is 0 Å². The molecule has 1 aliphatic carbocycles. The first-order valence-corrected chi connectivity index (χ1v) is 9.26. The van der Waals surface area contributed by atoms with Crippen LogP contribution in [-0.4, -0.2) is 37.1 Å². The lowest BCUT2D eigenvalue weighted by molar-refractivity contribution is 0.130. The van der Waals surface area contributed by atoms with Crippen molar-refractivity contribution < 1.29 is 23.0 Å². The van der Waals surface area contributed by atoms with Crippen LogP contribution >= 0.6 is 11.6 Å². The molecule has 0 amide bonds. The third-order valence-corrected chi connectivity index (χ3v) is 7.24. The fourth-order valence-electron chi connectivity index (χ4n) is 3.35. The minimum absolute atomic E-state index is 0.0575. The summed E-state index contributed by atoms with van der Waals surface area (Å²) in [5, 5.41) is 18.9. The fraction of sp³-hybridized carbons (Fsp3) is 0.294. The molecule has 2 aromatic carbocycles. The predicted molar refractivity (Wildman–Crippen MR) is 88.2 cm³/mol. The largest absolute Gasteiger partial charge is 0.396 e. The smallest absolute Gasteiger partial charge is 0.182 e. The molecule has 1 saturated carbocycles. The Balaban J connectivity index is 2.06. The van der Waals surface area contributed by atoms with Crippen molar-refractivity contribution in [3.05, 3.63) is 64.9 Å². The van der Waals surface area contributed by atoms with Crippen molar-refractivity contribution in [3.63, 3.8) is 0 Å². The Labute approximate surface area is 144 Å². The Morgan fingerprint density at radius 3 is 2.25 bits per heavy atom. The molecule has 7 heteroatoms. The van der Waals surface area contributed by atoms with Crippen LogP contribution in [0, 0.1) is 11.2 Å². The summed E-state index contributed by atoms with van der Waals surface area (Å²) >= 11 is 5.79. The average Bonchev–Trinajstić information content (AvgIpc) is 3.26. The van der Waals surface area contributed by atoms with Crippen LogP contribution in [0.4, 0.5) is 4.39 Å². The average molecular weight is 371 g/mol. The molecule has 0 spiro atoms. The van der Waals surface area contributed by atoms with E-state index in [1.807, 2.05) is 0 Å². The molecule has 24 heavy (non-hydrogen) atoms. The van der Waals surface area contributed by atoms with Gasteiger partial charge in [-0.25, -0.2) is 12.8 Å². The molecule has 128 valence electrons. The summed E-state index contributed by atoms with van der Waals surface area (Å²) in [7, 11) is -3.83. The zero-order valence-corrected chi connectivity index (χ0v) is 14.1. The maximum Gasteiger partial charge on any atom is 0.182 e. The standard InChI is InChI=1S/C17H16ClFO4S/c18-12-4-6-14(7-5-12)24(22,23)16-15(17(16,9-20)10-21)11-2-1-3-13(19)8-11/h1-8,15-16,20-21H,9-10H2. The van der Waals surface area contributed by atoms with Crippen molar-refractivity contribution in [2.45, 2.75) is 16.1 Å². The van der Waals surface area contributed by atoms with E-state index in [1.54, 1.807) is 6.07 Å². The number of sulfone groups is 1. The van der Waals surface area contributed by atoms with Crippen molar-refractivity contribution in [2.75, 3.05) is 13.2 Å². The number of hydrogen-bond donors (Lipinski definition) is 2. The molecule has 4 nitrogen and oxygen atoms in total. The highest BCUT2D eigenvalue weighted by Gasteiger charge is 2.70. The highest BCUT2D eigenvalue weighted by molar-refractivity contribution is 7.92. The van der Waals surface area contributed by atoms with Crippen LogP contribution < -0.4 is 0 Å². The van der Waals surface area contributed by atoms with Gasteiger partial charge in [-0.15, -0.1) is 0 Å². The van der Waals surface area contributed by atoms with Gasteiger partial charge >= 0.3 is 0 Å². The minimum Gasteiger partial charge on any atom is -0.396 e. The van der Waals surface area contributed by atoms with E-state index < -0.39 is 45.5 Å². The van der Waals surface area contributed by atoms with Gasteiger partial charge in [-0.3, -0.25) is 0 Å². The molecule has 0 aromatic heterocycles. The lowest BCUT2D eigenvalue weighted by atomic mass is 10.0. The van der Waals surface area contributed by atoms with E-state index in [4.69, 9.17) is 11.6 Å². The van der Waals surface area contributed by atoms with Crippen LogP contribution in [0.3, 0.4) is 0 Å². The molecule has 0 heterocycles. The van der Waals surface area contributed by atoms with Crippen molar-refractivity contribution >= 4 is 21.4 Å². The maximum atomic E-state index is 13.5. The van der Waals surface area contributed by atoms with Gasteiger partial charge in [0.25, 0.3) is 0 Å². The first-order chi connectivity index (χ1) is 11.4. The van der Waals surface area contributed by atoms with Gasteiger partial charge in [0.05, 0.1) is 23.4 Å². The minimum atomic E-state index is -3.83. The quantitative estimate of drug-likeness (QED) is 0.847. The second-order valence-corrected chi connectivity index (χ2v) is 8.51. The number of hydrogen-bond acceptors (Lipinski definition) is 4. The lowest BCUT2D eigenvalue weighted by Crippen LogP contribution is -2.23. The zero-order chi connectivity index (χ0) is 17.5. The molecule has 0 bridgehead atoms. The number of aliphatic hydroxyl groups is 2. The summed E-state index contributed by atoms with van der Waals surface area (Å²) in [5.74, 6) is -1.17. The second-order valence-electron chi connectivity index (χ2n) is 6.00. The van der Waals surface area contributed by atoms with Crippen LogP contribution in [-0.2, 0) is 9.84 Å². The number of rotatable bonds is 5. The first kappa shape index (κ1) is 17.4. The van der Waals surface area contributed by atoms with Gasteiger partial charge in [0.1, 0.15) is 5.82 Å². The van der Waals surface area contributed by atoms with Crippen LogP contribution in [0.1, 0.15) is 11.5 Å². The van der Waals surface area contributed by atoms with E-state index in [-0.39, 0.29) is 4.90 Å². The summed E-state index contributed by atoms with van der Waals surface area (Å²) in [6.07, 6.45) is 0. The summed E-state index contributed by atoms with van der Waals surface area (Å²) < 4.78 is 39.4. The van der Waals surface area contributed by atoms with Crippen LogP contribution in [0.15, 0.2) is 53.4 Å². The molecule has 0 aliphatic heterocycles. The predicted octanol–water partition coefficient (Wildman–Crippen LogP) is 2.39. The number of aliphatic hydroxyl groups excluding tert-OH is 2. The Hall–Kier alpha value is -1.47. The normalized spacial score (nSPS) is 22.3. The molecule has 2 unspecified atom stereocenters. The maximum absolute atomic E-state index is 13.5. The van der Waals surface area contributed by atoms with E-state index >= 15 is 0 Å². The van der Waals surface area contributed by atoms with Gasteiger partial charge in [-0.05, 0) is 42.0 Å². The Morgan fingerprint density at radius 1 is 1.08 bits per heavy atom. The summed E-state index contributed by atoms with van der Waals surface area (Å²) in [5.41, 5.74) is -0.785.